The van der Waals surface area contributed by atoms with E-state index in [0.717, 1.165) is 5.56 Å². The number of ether oxygens (including phenoxy) is 1. The van der Waals surface area contributed by atoms with Gasteiger partial charge in [0.25, 0.3) is 0 Å². The second kappa shape index (κ2) is 9.84. The minimum Gasteiger partial charge on any atom is -0.366 e. The zero-order valence-corrected chi connectivity index (χ0v) is 12.7. The van der Waals surface area contributed by atoms with E-state index in [2.05, 4.69) is 26.6 Å². The first-order valence-electron chi connectivity index (χ1n) is 6.77. The third-order valence-corrected chi connectivity index (χ3v) is 2.73. The Kier molecular flexibility index (Phi) is 7.72. The van der Waals surface area contributed by atoms with E-state index in [-0.39, 0.29) is 31.6 Å². The van der Waals surface area contributed by atoms with Crippen LogP contribution in [0.25, 0.3) is 10.4 Å². The highest BCUT2D eigenvalue weighted by Gasteiger charge is 2.19. The lowest BCUT2D eigenvalue weighted by atomic mass is 10.2. The van der Waals surface area contributed by atoms with Gasteiger partial charge in [0.1, 0.15) is 12.6 Å². The molecule has 1 rings (SSSR count). The van der Waals surface area contributed by atoms with E-state index in [9.17, 15) is 9.59 Å². The van der Waals surface area contributed by atoms with Crippen molar-refractivity contribution in [2.75, 3.05) is 13.2 Å². The summed E-state index contributed by atoms with van der Waals surface area (Å²) in [4.78, 5) is 25.9. The van der Waals surface area contributed by atoms with E-state index in [1.54, 1.807) is 24.3 Å². The number of amides is 2. The molecular weight excluding hydrogens is 298 g/mol. The summed E-state index contributed by atoms with van der Waals surface area (Å²) >= 11 is 0. The fourth-order valence-electron chi connectivity index (χ4n) is 1.71. The second-order valence-electron chi connectivity index (χ2n) is 4.55. The smallest absolute Gasteiger partial charge is 0.245 e. The highest BCUT2D eigenvalue weighted by molar-refractivity contribution is 5.86. The first-order valence-corrected chi connectivity index (χ1v) is 6.77. The number of benzene rings is 1. The standard InChI is InChI=1S/C15H17N5O3/c1-3-8-23-10-14(18-11(2)21)15(22)17-9-12-4-6-13(7-5-12)19-20-16/h1,4-7,14H,8-10H2,2H3,(H,17,22)(H,18,21). The fourth-order valence-corrected chi connectivity index (χ4v) is 1.71. The third-order valence-electron chi connectivity index (χ3n) is 2.73. The summed E-state index contributed by atoms with van der Waals surface area (Å²) in [6.45, 7) is 1.63. The second-order valence-corrected chi connectivity index (χ2v) is 4.55. The summed E-state index contributed by atoms with van der Waals surface area (Å²) in [5.41, 5.74) is 9.64. The molecular formula is C15H17N5O3. The van der Waals surface area contributed by atoms with E-state index in [1.807, 2.05) is 0 Å². The molecule has 120 valence electrons. The Morgan fingerprint density at radius 2 is 2.13 bits per heavy atom. The van der Waals surface area contributed by atoms with Crippen molar-refractivity contribution in [1.29, 1.82) is 0 Å². The van der Waals surface area contributed by atoms with Crippen molar-refractivity contribution >= 4 is 17.5 Å². The van der Waals surface area contributed by atoms with Crippen molar-refractivity contribution in [2.24, 2.45) is 5.11 Å². The van der Waals surface area contributed by atoms with E-state index in [1.165, 1.54) is 6.92 Å². The van der Waals surface area contributed by atoms with Crippen LogP contribution in [-0.4, -0.2) is 31.1 Å². The number of carbonyl (C=O) groups excluding carboxylic acids is 2. The lowest BCUT2D eigenvalue weighted by molar-refractivity contribution is -0.129. The number of nitrogens with zero attached hydrogens (tertiary/aromatic N) is 3. The number of carbonyl (C=O) groups is 2. The van der Waals surface area contributed by atoms with Crippen LogP contribution >= 0.6 is 0 Å². The Labute approximate surface area is 133 Å². The third kappa shape index (κ3) is 7.00. The van der Waals surface area contributed by atoms with Crippen molar-refractivity contribution in [1.82, 2.24) is 10.6 Å². The number of hydrogen-bond donors (Lipinski definition) is 2. The van der Waals surface area contributed by atoms with E-state index < -0.39 is 6.04 Å². The lowest BCUT2D eigenvalue weighted by Crippen LogP contribution is -2.48. The molecule has 0 aliphatic heterocycles. The van der Waals surface area contributed by atoms with Crippen LogP contribution in [0.5, 0.6) is 0 Å². The van der Waals surface area contributed by atoms with Crippen molar-refractivity contribution < 1.29 is 14.3 Å². The summed E-state index contributed by atoms with van der Waals surface area (Å²) in [5.74, 6) is 1.57. The molecule has 0 aliphatic carbocycles. The molecule has 23 heavy (non-hydrogen) atoms. The number of terminal acetylenes is 1. The van der Waals surface area contributed by atoms with Crippen LogP contribution in [0.3, 0.4) is 0 Å². The van der Waals surface area contributed by atoms with Gasteiger partial charge in [-0.25, -0.2) is 0 Å². The largest absolute Gasteiger partial charge is 0.366 e. The van der Waals surface area contributed by atoms with E-state index in [4.69, 9.17) is 16.7 Å². The molecule has 2 N–H and O–H groups in total. The van der Waals surface area contributed by atoms with Gasteiger partial charge in [-0.05, 0) is 11.1 Å². The van der Waals surface area contributed by atoms with Crippen molar-refractivity contribution in [3.8, 4) is 12.3 Å². The van der Waals surface area contributed by atoms with E-state index in [0.29, 0.717) is 5.69 Å². The van der Waals surface area contributed by atoms with Crippen LogP contribution in [0.1, 0.15) is 12.5 Å². The quantitative estimate of drug-likeness (QED) is 0.248. The molecule has 0 bridgehead atoms. The molecule has 1 atom stereocenters. The average Bonchev–Trinajstić information content (AvgIpc) is 2.53. The fraction of sp³-hybridized carbons (Fsp3) is 0.333. The van der Waals surface area contributed by atoms with Crippen molar-refractivity contribution in [2.45, 2.75) is 19.5 Å². The minimum absolute atomic E-state index is 0.00850. The Morgan fingerprint density at radius 1 is 1.43 bits per heavy atom. The molecule has 0 aromatic heterocycles. The molecule has 8 nitrogen and oxygen atoms in total. The number of nitrogens with one attached hydrogen (secondary N) is 2. The molecule has 1 unspecified atom stereocenters. The summed E-state index contributed by atoms with van der Waals surface area (Å²) in [6, 6.07) is 5.92. The molecule has 0 spiro atoms. The monoisotopic (exact) mass is 315 g/mol. The summed E-state index contributed by atoms with van der Waals surface area (Å²) in [5, 5.41) is 8.65. The van der Waals surface area contributed by atoms with Gasteiger partial charge in [0.15, 0.2) is 0 Å². The molecule has 0 heterocycles. The highest BCUT2D eigenvalue weighted by Crippen LogP contribution is 2.12. The van der Waals surface area contributed by atoms with Gasteiger partial charge in [0.2, 0.25) is 11.8 Å². The molecule has 0 aliphatic rings. The van der Waals surface area contributed by atoms with Gasteiger partial charge in [0.05, 0.1) is 6.61 Å². The predicted octanol–water partition coefficient (Wildman–Crippen LogP) is 1.40. The molecule has 2 amide bonds. The maximum atomic E-state index is 12.1. The predicted molar refractivity (Wildman–Crippen MR) is 84.4 cm³/mol. The highest BCUT2D eigenvalue weighted by atomic mass is 16.5. The van der Waals surface area contributed by atoms with Gasteiger partial charge >= 0.3 is 0 Å². The number of hydrogen-bond acceptors (Lipinski definition) is 4. The summed E-state index contributed by atoms with van der Waals surface area (Å²) < 4.78 is 5.10. The van der Waals surface area contributed by atoms with Gasteiger partial charge in [-0.3, -0.25) is 9.59 Å². The Bertz CT molecular complexity index is 630. The van der Waals surface area contributed by atoms with Gasteiger partial charge in [-0.1, -0.05) is 35.3 Å². The molecule has 1 aromatic rings. The normalized spacial score (nSPS) is 10.8. The molecule has 8 heteroatoms. The zero-order valence-electron chi connectivity index (χ0n) is 12.7. The topological polar surface area (TPSA) is 116 Å². The molecule has 0 fully saturated rings. The first-order chi connectivity index (χ1) is 11.1. The maximum Gasteiger partial charge on any atom is 0.245 e. The average molecular weight is 315 g/mol. The van der Waals surface area contributed by atoms with Crippen LogP contribution in [0, 0.1) is 12.3 Å². The van der Waals surface area contributed by atoms with Gasteiger partial charge < -0.3 is 15.4 Å². The van der Waals surface area contributed by atoms with Crippen LogP contribution < -0.4 is 10.6 Å². The zero-order chi connectivity index (χ0) is 17.1. The maximum absolute atomic E-state index is 12.1. The van der Waals surface area contributed by atoms with Gasteiger partial charge in [-0.2, -0.15) is 0 Å². The van der Waals surface area contributed by atoms with Crippen LogP contribution in [0.2, 0.25) is 0 Å². The molecule has 0 saturated heterocycles. The molecule has 0 radical (unpaired) electrons. The minimum atomic E-state index is -0.816. The Morgan fingerprint density at radius 3 is 2.70 bits per heavy atom. The van der Waals surface area contributed by atoms with Crippen LogP contribution in [0.15, 0.2) is 29.4 Å². The lowest BCUT2D eigenvalue weighted by Gasteiger charge is -2.17. The molecule has 1 aromatic carbocycles. The van der Waals surface area contributed by atoms with Gasteiger partial charge in [0, 0.05) is 24.1 Å². The van der Waals surface area contributed by atoms with Crippen LogP contribution in [0.4, 0.5) is 5.69 Å². The SMILES string of the molecule is C#CCOCC(NC(C)=O)C(=O)NCc1ccc(N=[N+]=[N-])cc1. The molecule has 0 saturated carbocycles. The van der Waals surface area contributed by atoms with Crippen LogP contribution in [-0.2, 0) is 20.9 Å². The van der Waals surface area contributed by atoms with Crippen molar-refractivity contribution in [3.05, 3.63) is 40.3 Å². The van der Waals surface area contributed by atoms with Gasteiger partial charge in [-0.15, -0.1) is 6.42 Å². The summed E-state index contributed by atoms with van der Waals surface area (Å²) in [7, 11) is 0. The Balaban J connectivity index is 2.57. The number of rotatable bonds is 8. The Hall–Kier alpha value is -3.01. The summed E-state index contributed by atoms with van der Waals surface area (Å²) in [6.07, 6.45) is 5.07. The van der Waals surface area contributed by atoms with Crippen molar-refractivity contribution in [3.63, 3.8) is 0 Å². The van der Waals surface area contributed by atoms with E-state index >= 15 is 0 Å². The first kappa shape index (κ1) is 18.0. The number of azide groups is 1.